The van der Waals surface area contributed by atoms with Gasteiger partial charge in [-0.05, 0) is 85.5 Å². The number of benzene rings is 2. The van der Waals surface area contributed by atoms with Gasteiger partial charge in [0.1, 0.15) is 17.6 Å². The third-order valence-electron chi connectivity index (χ3n) is 6.76. The fourth-order valence-electron chi connectivity index (χ4n) is 5.00. The van der Waals surface area contributed by atoms with Crippen LogP contribution in [0.4, 0.5) is 11.4 Å². The van der Waals surface area contributed by atoms with E-state index in [1.165, 1.54) is 33.5 Å². The summed E-state index contributed by atoms with van der Waals surface area (Å²) in [4.78, 5) is 9.73. The normalized spacial score (nSPS) is 13.8. The summed E-state index contributed by atoms with van der Waals surface area (Å²) in [6.07, 6.45) is 3.43. The van der Waals surface area contributed by atoms with Crippen LogP contribution in [0.25, 0.3) is 11.2 Å². The van der Waals surface area contributed by atoms with Gasteiger partial charge in [0, 0.05) is 23.5 Å². The summed E-state index contributed by atoms with van der Waals surface area (Å²) in [5.74, 6) is 1.08. The van der Waals surface area contributed by atoms with Crippen molar-refractivity contribution in [3.63, 3.8) is 0 Å². The summed E-state index contributed by atoms with van der Waals surface area (Å²) in [7, 11) is 0. The third-order valence-corrected chi connectivity index (χ3v) is 6.76. The molecule has 3 heterocycles. The fourth-order valence-corrected chi connectivity index (χ4v) is 5.00. The molecule has 5 rings (SSSR count). The summed E-state index contributed by atoms with van der Waals surface area (Å²) < 4.78 is 2.27. The summed E-state index contributed by atoms with van der Waals surface area (Å²) in [5, 5.41) is 13.1. The molecular formula is C28H33N5O. The van der Waals surface area contributed by atoms with Gasteiger partial charge in [-0.3, -0.25) is 0 Å². The lowest BCUT2D eigenvalue weighted by atomic mass is 9.99. The molecule has 2 aromatic carbocycles. The first kappa shape index (κ1) is 22.6. The van der Waals surface area contributed by atoms with Crippen molar-refractivity contribution in [3.05, 3.63) is 81.8 Å². The zero-order chi connectivity index (χ0) is 23.8. The predicted molar refractivity (Wildman–Crippen MR) is 138 cm³/mol. The molecule has 1 aliphatic heterocycles. The molecule has 34 heavy (non-hydrogen) atoms. The van der Waals surface area contributed by atoms with E-state index in [0.29, 0.717) is 6.42 Å². The van der Waals surface area contributed by atoms with Gasteiger partial charge < -0.3 is 20.7 Å². The Morgan fingerprint density at radius 1 is 1.00 bits per heavy atom. The van der Waals surface area contributed by atoms with Crippen molar-refractivity contribution in [3.8, 4) is 0 Å². The zero-order valence-corrected chi connectivity index (χ0v) is 20.2. The monoisotopic (exact) mass is 455 g/mol. The number of hydrogen-bond donors (Lipinski definition) is 3. The number of fused-ring (bicyclic) bond motifs is 3. The molecule has 0 fully saturated rings. The Labute approximate surface area is 200 Å². The summed E-state index contributed by atoms with van der Waals surface area (Å²) >= 11 is 0. The molecular weight excluding hydrogens is 422 g/mol. The maximum atomic E-state index is 9.41. The smallest absolute Gasteiger partial charge is 0.160 e. The lowest BCUT2D eigenvalue weighted by Crippen LogP contribution is -2.19. The van der Waals surface area contributed by atoms with Crippen LogP contribution in [0, 0.1) is 13.8 Å². The van der Waals surface area contributed by atoms with Gasteiger partial charge in [0.05, 0.1) is 6.54 Å². The molecule has 6 nitrogen and oxygen atoms in total. The highest BCUT2D eigenvalue weighted by Crippen LogP contribution is 2.32. The number of aliphatic hydroxyl groups is 1. The van der Waals surface area contributed by atoms with Crippen LogP contribution in [0.1, 0.15) is 52.7 Å². The molecule has 1 aliphatic rings. The van der Waals surface area contributed by atoms with E-state index < -0.39 is 6.23 Å². The van der Waals surface area contributed by atoms with Crippen LogP contribution in [0.3, 0.4) is 0 Å². The minimum absolute atomic E-state index is 0.576. The number of imidazole rings is 1. The van der Waals surface area contributed by atoms with E-state index in [0.717, 1.165) is 60.6 Å². The molecule has 1 atom stereocenters. The van der Waals surface area contributed by atoms with Gasteiger partial charge in [0.2, 0.25) is 0 Å². The highest BCUT2D eigenvalue weighted by molar-refractivity contribution is 5.76. The SMILES string of the molecule is CCc1nc2c(C)cc(C)nc2n1Cc1ccc2c(c1)CCc1cc(CCC(N)O)ccc1N2. The van der Waals surface area contributed by atoms with Crippen LogP contribution in [-0.4, -0.2) is 25.9 Å². The number of aryl methyl sites for hydroxylation is 6. The number of aliphatic hydroxyl groups excluding tert-OH is 1. The molecule has 6 heteroatoms. The third kappa shape index (κ3) is 4.43. The van der Waals surface area contributed by atoms with Crippen LogP contribution in [0.5, 0.6) is 0 Å². The van der Waals surface area contributed by atoms with Crippen molar-refractivity contribution >= 4 is 22.5 Å². The molecule has 0 amide bonds. The van der Waals surface area contributed by atoms with Crippen LogP contribution >= 0.6 is 0 Å². The van der Waals surface area contributed by atoms with Gasteiger partial charge in [0.25, 0.3) is 0 Å². The second-order valence-corrected chi connectivity index (χ2v) is 9.43. The molecule has 0 saturated heterocycles. The average Bonchev–Trinajstić information content (AvgIpc) is 3.05. The van der Waals surface area contributed by atoms with E-state index in [2.05, 4.69) is 66.2 Å². The molecule has 0 aliphatic carbocycles. The van der Waals surface area contributed by atoms with E-state index in [4.69, 9.17) is 15.7 Å². The largest absolute Gasteiger partial charge is 0.379 e. The van der Waals surface area contributed by atoms with Crippen molar-refractivity contribution in [2.24, 2.45) is 5.73 Å². The molecule has 4 N–H and O–H groups in total. The van der Waals surface area contributed by atoms with Gasteiger partial charge in [0.15, 0.2) is 5.65 Å². The number of aromatic nitrogens is 3. The minimum Gasteiger partial charge on any atom is -0.379 e. The van der Waals surface area contributed by atoms with Crippen molar-refractivity contribution < 1.29 is 5.11 Å². The quantitative estimate of drug-likeness (QED) is 0.367. The topological polar surface area (TPSA) is 89.0 Å². The number of anilines is 2. The average molecular weight is 456 g/mol. The van der Waals surface area contributed by atoms with Crippen molar-refractivity contribution in [1.29, 1.82) is 0 Å². The number of nitrogens with one attached hydrogen (secondary N) is 1. The van der Waals surface area contributed by atoms with Crippen LogP contribution in [-0.2, 0) is 32.2 Å². The molecule has 2 aromatic heterocycles. The maximum Gasteiger partial charge on any atom is 0.160 e. The van der Waals surface area contributed by atoms with Crippen LogP contribution in [0.15, 0.2) is 42.5 Å². The number of pyridine rings is 1. The van der Waals surface area contributed by atoms with Crippen LogP contribution < -0.4 is 11.1 Å². The van der Waals surface area contributed by atoms with Crippen molar-refractivity contribution in [2.75, 3.05) is 5.32 Å². The molecule has 0 saturated carbocycles. The Morgan fingerprint density at radius 3 is 2.35 bits per heavy atom. The molecule has 4 aromatic rings. The second-order valence-electron chi connectivity index (χ2n) is 9.43. The molecule has 0 spiro atoms. The number of hydrogen-bond acceptors (Lipinski definition) is 5. The summed E-state index contributed by atoms with van der Waals surface area (Å²) in [6, 6.07) is 15.4. The Bertz CT molecular complexity index is 1350. The van der Waals surface area contributed by atoms with Gasteiger partial charge in [-0.25, -0.2) is 9.97 Å². The minimum atomic E-state index is -0.761. The summed E-state index contributed by atoms with van der Waals surface area (Å²) in [6.45, 7) is 7.08. The first-order valence-electron chi connectivity index (χ1n) is 12.2. The highest BCUT2D eigenvalue weighted by atomic mass is 16.3. The second kappa shape index (κ2) is 9.20. The van der Waals surface area contributed by atoms with E-state index in [9.17, 15) is 5.11 Å². The molecule has 176 valence electrons. The fraction of sp³-hybridized carbons (Fsp3) is 0.357. The number of nitrogens with two attached hydrogens (primary N) is 1. The Balaban J connectivity index is 1.42. The lowest BCUT2D eigenvalue weighted by molar-refractivity contribution is 0.172. The first-order chi connectivity index (χ1) is 16.4. The Hall–Kier alpha value is -3.22. The summed E-state index contributed by atoms with van der Waals surface area (Å²) in [5.41, 5.74) is 17.2. The Morgan fingerprint density at radius 2 is 1.68 bits per heavy atom. The van der Waals surface area contributed by atoms with Gasteiger partial charge in [-0.2, -0.15) is 0 Å². The first-order valence-corrected chi connectivity index (χ1v) is 12.2. The molecule has 0 bridgehead atoms. The Kier molecular flexibility index (Phi) is 6.11. The van der Waals surface area contributed by atoms with E-state index in [1.54, 1.807) is 0 Å². The van der Waals surface area contributed by atoms with Gasteiger partial charge in [-0.15, -0.1) is 0 Å². The maximum absolute atomic E-state index is 9.41. The van der Waals surface area contributed by atoms with E-state index >= 15 is 0 Å². The zero-order valence-electron chi connectivity index (χ0n) is 20.2. The molecule has 0 radical (unpaired) electrons. The lowest BCUT2D eigenvalue weighted by Gasteiger charge is -2.13. The van der Waals surface area contributed by atoms with E-state index in [1.807, 2.05) is 6.92 Å². The van der Waals surface area contributed by atoms with Crippen molar-refractivity contribution in [2.45, 2.75) is 65.6 Å². The predicted octanol–water partition coefficient (Wildman–Crippen LogP) is 4.71. The number of nitrogens with zero attached hydrogens (tertiary/aromatic N) is 3. The highest BCUT2D eigenvalue weighted by Gasteiger charge is 2.17. The van der Waals surface area contributed by atoms with Crippen molar-refractivity contribution in [1.82, 2.24) is 14.5 Å². The van der Waals surface area contributed by atoms with Gasteiger partial charge >= 0.3 is 0 Å². The van der Waals surface area contributed by atoms with Crippen LogP contribution in [0.2, 0.25) is 0 Å². The van der Waals surface area contributed by atoms with E-state index in [-0.39, 0.29) is 0 Å². The van der Waals surface area contributed by atoms with Gasteiger partial charge in [-0.1, -0.05) is 31.2 Å². The molecule has 1 unspecified atom stereocenters. The standard InChI is InChI=1S/C28H33N5O/c1-4-26-32-27-17(2)13-18(3)30-28(27)33(26)16-20-6-11-24-22(15-20)9-8-21-14-19(7-12-25(29)34)5-10-23(21)31-24/h5-6,10-11,13-15,25,31,34H,4,7-9,12,16,29H2,1-3H3. The number of rotatable bonds is 6.